The molecular formula is C36H36N4. The summed E-state index contributed by atoms with van der Waals surface area (Å²) < 4.78 is 4.62. The molecule has 0 aliphatic carbocycles. The molecule has 3 aromatic carbocycles. The van der Waals surface area contributed by atoms with Gasteiger partial charge in [-0.2, -0.15) is 0 Å². The molecule has 0 radical (unpaired) electrons. The highest BCUT2D eigenvalue weighted by molar-refractivity contribution is 5.99. The van der Waals surface area contributed by atoms with E-state index in [-0.39, 0.29) is 0 Å². The van der Waals surface area contributed by atoms with Crippen molar-refractivity contribution in [1.82, 2.24) is 9.13 Å². The molecule has 2 N–H and O–H groups in total. The quantitative estimate of drug-likeness (QED) is 0.135. The van der Waals surface area contributed by atoms with E-state index in [2.05, 4.69) is 114 Å². The van der Waals surface area contributed by atoms with Gasteiger partial charge in [-0.3, -0.25) is 0 Å². The Morgan fingerprint density at radius 1 is 0.950 bits per heavy atom. The molecule has 0 aliphatic rings. The first-order chi connectivity index (χ1) is 19.5. The third kappa shape index (κ3) is 4.85. The molecule has 0 bridgehead atoms. The second-order valence-electron chi connectivity index (χ2n) is 9.80. The van der Waals surface area contributed by atoms with E-state index in [0.717, 1.165) is 34.6 Å². The van der Waals surface area contributed by atoms with Gasteiger partial charge in [0.15, 0.2) is 0 Å². The van der Waals surface area contributed by atoms with Crippen molar-refractivity contribution in [1.29, 1.82) is 0 Å². The molecule has 4 heteroatoms. The Morgan fingerprint density at radius 3 is 2.35 bits per heavy atom. The Balaban J connectivity index is 1.69. The van der Waals surface area contributed by atoms with Crippen LogP contribution >= 0.6 is 0 Å². The van der Waals surface area contributed by atoms with Crippen LogP contribution in [0.5, 0.6) is 0 Å². The maximum Gasteiger partial charge on any atom is 0.131 e. The minimum atomic E-state index is 0.477. The Labute approximate surface area is 236 Å². The van der Waals surface area contributed by atoms with E-state index in [0.29, 0.717) is 5.84 Å². The van der Waals surface area contributed by atoms with E-state index in [4.69, 9.17) is 5.73 Å². The molecule has 0 saturated carbocycles. The van der Waals surface area contributed by atoms with E-state index in [9.17, 15) is 0 Å². The van der Waals surface area contributed by atoms with E-state index in [1.54, 1.807) is 6.08 Å². The Morgan fingerprint density at radius 2 is 1.70 bits per heavy atom. The van der Waals surface area contributed by atoms with Crippen molar-refractivity contribution in [3.63, 3.8) is 0 Å². The van der Waals surface area contributed by atoms with Crippen LogP contribution in [0.4, 0.5) is 0 Å². The molecule has 0 atom stereocenters. The monoisotopic (exact) mass is 524 g/mol. The van der Waals surface area contributed by atoms with Gasteiger partial charge in [0.2, 0.25) is 0 Å². The lowest BCUT2D eigenvalue weighted by Gasteiger charge is -2.10. The summed E-state index contributed by atoms with van der Waals surface area (Å²) in [6.07, 6.45) is 13.3. The highest BCUT2D eigenvalue weighted by Gasteiger charge is 2.13. The second-order valence-corrected chi connectivity index (χ2v) is 9.80. The van der Waals surface area contributed by atoms with E-state index < -0.39 is 0 Å². The lowest BCUT2D eigenvalue weighted by Crippen LogP contribution is -2.28. The normalized spacial score (nSPS) is 14.1. The number of fused-ring (bicyclic) bond motifs is 2. The number of para-hydroxylation sites is 1. The van der Waals surface area contributed by atoms with Crippen LogP contribution in [0.3, 0.4) is 0 Å². The molecule has 2 aromatic heterocycles. The molecule has 200 valence electrons. The maximum absolute atomic E-state index is 6.44. The molecule has 40 heavy (non-hydrogen) atoms. The summed E-state index contributed by atoms with van der Waals surface area (Å²) in [6, 6.07) is 25.7. The van der Waals surface area contributed by atoms with Crippen molar-refractivity contribution in [3.05, 3.63) is 131 Å². The van der Waals surface area contributed by atoms with Gasteiger partial charge in [-0.05, 0) is 93.4 Å². The van der Waals surface area contributed by atoms with E-state index >= 15 is 0 Å². The highest BCUT2D eigenvalue weighted by atomic mass is 15.0. The predicted octanol–water partition coefficient (Wildman–Crippen LogP) is 7.31. The molecule has 0 fully saturated rings. The number of nitrogens with zero attached hydrogens (tertiary/aromatic N) is 3. The van der Waals surface area contributed by atoms with Crippen molar-refractivity contribution in [2.45, 2.75) is 34.1 Å². The van der Waals surface area contributed by atoms with Gasteiger partial charge in [-0.1, -0.05) is 56.0 Å². The topological polar surface area (TPSA) is 48.2 Å². The van der Waals surface area contributed by atoms with E-state index in [1.807, 2.05) is 38.1 Å². The SMILES string of the molecule is C=C/C(C)=C(\C=C/C)N=C(N)c1ccc(-n2c(=C/CC)/c(=C\C)c3cc4c(ccn4-c4ccccc4)cc32)cc1. The molecule has 0 unspecified atom stereocenters. The van der Waals surface area contributed by atoms with Crippen LogP contribution in [0.1, 0.15) is 39.7 Å². The molecule has 0 saturated heterocycles. The van der Waals surface area contributed by atoms with Gasteiger partial charge in [-0.25, -0.2) is 4.99 Å². The molecule has 0 amide bonds. The van der Waals surface area contributed by atoms with Crippen LogP contribution in [-0.4, -0.2) is 15.0 Å². The molecule has 0 aliphatic heterocycles. The Kier molecular flexibility index (Phi) is 7.70. The standard InChI is InChI=1S/C36H36N4/c1-6-13-32(25(5)8-3)38-36(37)26-17-19-29(20-18-26)40-33(14-7-2)30(9-4)31-24-34-27(23-35(31)40)21-22-39(34)28-15-11-10-12-16-28/h6,8-24H,3,7H2,1-2,4-5H3,(H2,37,38)/b13-6-,30-9-,32-25+,33-14+. The fourth-order valence-corrected chi connectivity index (χ4v) is 5.24. The lowest BCUT2D eigenvalue weighted by molar-refractivity contribution is 1.06. The van der Waals surface area contributed by atoms with Gasteiger partial charge < -0.3 is 14.9 Å². The summed E-state index contributed by atoms with van der Waals surface area (Å²) in [7, 11) is 0. The minimum Gasteiger partial charge on any atom is -0.383 e. The minimum absolute atomic E-state index is 0.477. The maximum atomic E-state index is 6.44. The fourth-order valence-electron chi connectivity index (χ4n) is 5.24. The Hall–Kier alpha value is -4.83. The number of hydrogen-bond donors (Lipinski definition) is 1. The first-order valence-corrected chi connectivity index (χ1v) is 13.8. The number of aromatic nitrogens is 2. The largest absolute Gasteiger partial charge is 0.383 e. The first-order valence-electron chi connectivity index (χ1n) is 13.8. The molecule has 0 spiro atoms. The van der Waals surface area contributed by atoms with Gasteiger partial charge >= 0.3 is 0 Å². The summed E-state index contributed by atoms with van der Waals surface area (Å²) in [5.74, 6) is 0.477. The Bertz CT molecular complexity index is 1910. The molecule has 5 aromatic rings. The van der Waals surface area contributed by atoms with Crippen LogP contribution in [0, 0.1) is 0 Å². The van der Waals surface area contributed by atoms with E-state index in [1.165, 1.54) is 32.4 Å². The van der Waals surface area contributed by atoms with Crippen molar-refractivity contribution in [2.75, 3.05) is 0 Å². The number of hydrogen-bond acceptors (Lipinski definition) is 1. The van der Waals surface area contributed by atoms with Crippen LogP contribution in [0.25, 0.3) is 45.3 Å². The number of amidine groups is 1. The zero-order valence-electron chi connectivity index (χ0n) is 23.7. The summed E-state index contributed by atoms with van der Waals surface area (Å²) in [5, 5.41) is 4.88. The number of benzene rings is 3. The zero-order valence-corrected chi connectivity index (χ0v) is 23.7. The summed E-state index contributed by atoms with van der Waals surface area (Å²) in [5.41, 5.74) is 13.7. The van der Waals surface area contributed by atoms with Gasteiger partial charge in [0.1, 0.15) is 5.84 Å². The van der Waals surface area contributed by atoms with Crippen molar-refractivity contribution >= 4 is 39.8 Å². The number of nitrogens with two attached hydrogens (primary N) is 1. The fraction of sp³-hybridized carbons (Fsp3) is 0.139. The predicted molar refractivity (Wildman–Crippen MR) is 173 cm³/mol. The van der Waals surface area contributed by atoms with Crippen LogP contribution in [0.2, 0.25) is 0 Å². The van der Waals surface area contributed by atoms with Crippen molar-refractivity contribution < 1.29 is 0 Å². The van der Waals surface area contributed by atoms with Crippen LogP contribution in [0.15, 0.2) is 120 Å². The van der Waals surface area contributed by atoms with Crippen molar-refractivity contribution in [3.8, 4) is 11.4 Å². The van der Waals surface area contributed by atoms with Gasteiger partial charge in [0.25, 0.3) is 0 Å². The summed E-state index contributed by atoms with van der Waals surface area (Å²) in [6.45, 7) is 12.1. The third-order valence-corrected chi connectivity index (χ3v) is 7.27. The second kappa shape index (κ2) is 11.5. The van der Waals surface area contributed by atoms with Crippen LogP contribution < -0.4 is 16.3 Å². The number of aliphatic imine (C=N–C) groups is 1. The summed E-state index contributed by atoms with van der Waals surface area (Å²) >= 11 is 0. The number of allylic oxidation sites excluding steroid dienone is 4. The average molecular weight is 525 g/mol. The highest BCUT2D eigenvalue weighted by Crippen LogP contribution is 2.26. The molecule has 4 nitrogen and oxygen atoms in total. The molecule has 5 rings (SSSR count). The summed E-state index contributed by atoms with van der Waals surface area (Å²) in [4.78, 5) is 4.68. The molecular weight excluding hydrogens is 488 g/mol. The van der Waals surface area contributed by atoms with Crippen molar-refractivity contribution in [2.24, 2.45) is 10.7 Å². The number of rotatable bonds is 7. The van der Waals surface area contributed by atoms with Gasteiger partial charge in [0.05, 0.1) is 16.7 Å². The lowest BCUT2D eigenvalue weighted by atomic mass is 10.1. The molecule has 2 heterocycles. The smallest absolute Gasteiger partial charge is 0.131 e. The first kappa shape index (κ1) is 26.8. The third-order valence-electron chi connectivity index (χ3n) is 7.27. The van der Waals surface area contributed by atoms with Gasteiger partial charge in [-0.15, -0.1) is 0 Å². The average Bonchev–Trinajstić information content (AvgIpc) is 3.53. The van der Waals surface area contributed by atoms with Crippen LogP contribution in [-0.2, 0) is 0 Å². The van der Waals surface area contributed by atoms with Gasteiger partial charge in [0, 0.05) is 44.5 Å². The zero-order chi connectivity index (χ0) is 28.2.